The minimum atomic E-state index is -0.412. The molecule has 0 aromatic heterocycles. The molecule has 1 aliphatic rings. The summed E-state index contributed by atoms with van der Waals surface area (Å²) < 4.78 is 5.45. The molecule has 2 rings (SSSR count). The quantitative estimate of drug-likeness (QED) is 0.699. The van der Waals surface area contributed by atoms with Gasteiger partial charge in [0.05, 0.1) is 12.7 Å². The second-order valence-electron chi connectivity index (χ2n) is 4.22. The molecule has 0 aliphatic carbocycles. The summed E-state index contributed by atoms with van der Waals surface area (Å²) in [5.41, 5.74) is 1.89. The van der Waals surface area contributed by atoms with Crippen LogP contribution >= 0.6 is 0 Å². The van der Waals surface area contributed by atoms with Gasteiger partial charge in [0.2, 0.25) is 0 Å². The number of rotatable bonds is 1. The third-order valence-corrected chi connectivity index (χ3v) is 3.03. The normalized spacial score (nSPS) is 25.9. The molecule has 15 heavy (non-hydrogen) atoms. The summed E-state index contributed by atoms with van der Waals surface area (Å²) >= 11 is 0. The van der Waals surface area contributed by atoms with E-state index in [-0.39, 0.29) is 0 Å². The predicted molar refractivity (Wildman–Crippen MR) is 58.5 cm³/mol. The fourth-order valence-corrected chi connectivity index (χ4v) is 2.12. The maximum absolute atomic E-state index is 9.36. The summed E-state index contributed by atoms with van der Waals surface area (Å²) in [6.45, 7) is 3.38. The first-order valence-electron chi connectivity index (χ1n) is 5.33. The van der Waals surface area contributed by atoms with Crippen LogP contribution < -0.4 is 0 Å². The van der Waals surface area contributed by atoms with E-state index in [9.17, 15) is 5.26 Å². The van der Waals surface area contributed by atoms with Crippen molar-refractivity contribution in [3.05, 3.63) is 35.4 Å². The molecule has 2 heteroatoms. The van der Waals surface area contributed by atoms with Gasteiger partial charge >= 0.3 is 0 Å². The van der Waals surface area contributed by atoms with Crippen molar-refractivity contribution in [2.75, 3.05) is 13.2 Å². The summed E-state index contributed by atoms with van der Waals surface area (Å²) in [5, 5.41) is 9.36. The van der Waals surface area contributed by atoms with Gasteiger partial charge in [0.15, 0.2) is 0 Å². The van der Waals surface area contributed by atoms with Gasteiger partial charge in [-0.25, -0.2) is 0 Å². The number of hydrogen-bond donors (Lipinski definition) is 0. The van der Waals surface area contributed by atoms with Gasteiger partial charge in [-0.3, -0.25) is 0 Å². The fraction of sp³-hybridized carbons (Fsp3) is 0.462. The van der Waals surface area contributed by atoms with E-state index in [2.05, 4.69) is 25.1 Å². The lowest BCUT2D eigenvalue weighted by atomic mass is 9.77. The van der Waals surface area contributed by atoms with Gasteiger partial charge in [-0.1, -0.05) is 29.8 Å². The first kappa shape index (κ1) is 10.2. The van der Waals surface area contributed by atoms with E-state index in [1.807, 2.05) is 12.1 Å². The molecule has 1 unspecified atom stereocenters. The lowest BCUT2D eigenvalue weighted by Gasteiger charge is -2.31. The predicted octanol–water partition coefficient (Wildman–Crippen LogP) is 2.57. The Morgan fingerprint density at radius 2 is 2.33 bits per heavy atom. The average molecular weight is 201 g/mol. The van der Waals surface area contributed by atoms with Crippen LogP contribution in [0.25, 0.3) is 0 Å². The van der Waals surface area contributed by atoms with Crippen molar-refractivity contribution in [2.45, 2.75) is 25.2 Å². The van der Waals surface area contributed by atoms with Crippen LogP contribution in [-0.4, -0.2) is 13.2 Å². The van der Waals surface area contributed by atoms with Gasteiger partial charge in [-0.05, 0) is 25.3 Å². The molecule has 1 heterocycles. The summed E-state index contributed by atoms with van der Waals surface area (Å²) in [4.78, 5) is 0. The highest BCUT2D eigenvalue weighted by molar-refractivity contribution is 5.35. The highest BCUT2D eigenvalue weighted by atomic mass is 16.5. The van der Waals surface area contributed by atoms with Gasteiger partial charge in [-0.2, -0.15) is 5.26 Å². The van der Waals surface area contributed by atoms with Crippen LogP contribution in [-0.2, 0) is 10.2 Å². The van der Waals surface area contributed by atoms with Crippen molar-refractivity contribution in [2.24, 2.45) is 0 Å². The monoisotopic (exact) mass is 201 g/mol. The number of ether oxygens (including phenoxy) is 1. The summed E-state index contributed by atoms with van der Waals surface area (Å²) in [6, 6.07) is 10.6. The van der Waals surface area contributed by atoms with Gasteiger partial charge < -0.3 is 4.74 Å². The molecule has 0 bridgehead atoms. The number of aryl methyl sites for hydroxylation is 1. The minimum Gasteiger partial charge on any atom is -0.379 e. The van der Waals surface area contributed by atoms with Gasteiger partial charge in [0, 0.05) is 6.61 Å². The third kappa shape index (κ3) is 1.88. The first-order valence-corrected chi connectivity index (χ1v) is 5.33. The Labute approximate surface area is 90.5 Å². The molecular weight excluding hydrogens is 186 g/mol. The summed E-state index contributed by atoms with van der Waals surface area (Å²) in [5.74, 6) is 0. The zero-order chi connectivity index (χ0) is 10.7. The Balaban J connectivity index is 2.37. The topological polar surface area (TPSA) is 33.0 Å². The molecule has 0 amide bonds. The molecule has 1 atom stereocenters. The van der Waals surface area contributed by atoms with Crippen LogP contribution in [0.15, 0.2) is 24.3 Å². The molecular formula is C13H15NO. The zero-order valence-corrected chi connectivity index (χ0v) is 8.99. The van der Waals surface area contributed by atoms with Crippen LogP contribution in [0, 0.1) is 18.3 Å². The zero-order valence-electron chi connectivity index (χ0n) is 8.99. The Kier molecular flexibility index (Phi) is 2.75. The second-order valence-corrected chi connectivity index (χ2v) is 4.22. The largest absolute Gasteiger partial charge is 0.379 e. The Morgan fingerprint density at radius 1 is 1.47 bits per heavy atom. The van der Waals surface area contributed by atoms with Crippen LogP contribution in [0.4, 0.5) is 0 Å². The van der Waals surface area contributed by atoms with Gasteiger partial charge in [-0.15, -0.1) is 0 Å². The lowest BCUT2D eigenvalue weighted by Crippen LogP contribution is -2.34. The molecule has 1 aromatic rings. The van der Waals surface area contributed by atoms with Crippen LogP contribution in [0.5, 0.6) is 0 Å². The SMILES string of the molecule is Cc1cccc(C2(C#N)CCCOC2)c1. The highest BCUT2D eigenvalue weighted by Crippen LogP contribution is 2.32. The Hall–Kier alpha value is -1.33. The molecule has 1 aliphatic heterocycles. The van der Waals surface area contributed by atoms with Crippen molar-refractivity contribution in [1.29, 1.82) is 5.26 Å². The molecule has 2 nitrogen and oxygen atoms in total. The average Bonchev–Trinajstić information content (AvgIpc) is 2.30. The smallest absolute Gasteiger partial charge is 0.106 e. The Morgan fingerprint density at radius 3 is 2.93 bits per heavy atom. The van der Waals surface area contributed by atoms with E-state index in [4.69, 9.17) is 4.74 Å². The van der Waals surface area contributed by atoms with E-state index in [0.717, 1.165) is 25.0 Å². The number of hydrogen-bond acceptors (Lipinski definition) is 2. The summed E-state index contributed by atoms with van der Waals surface area (Å²) in [6.07, 6.45) is 1.88. The molecule has 78 valence electrons. The summed E-state index contributed by atoms with van der Waals surface area (Å²) in [7, 11) is 0. The highest BCUT2D eigenvalue weighted by Gasteiger charge is 2.34. The number of nitriles is 1. The van der Waals surface area contributed by atoms with Crippen molar-refractivity contribution < 1.29 is 4.74 Å². The maximum atomic E-state index is 9.36. The van der Waals surface area contributed by atoms with Gasteiger partial charge in [0.25, 0.3) is 0 Å². The van der Waals surface area contributed by atoms with Crippen molar-refractivity contribution in [3.63, 3.8) is 0 Å². The first-order chi connectivity index (χ1) is 7.27. The number of nitrogens with zero attached hydrogens (tertiary/aromatic N) is 1. The standard InChI is InChI=1S/C13H15NO/c1-11-4-2-5-12(8-11)13(9-14)6-3-7-15-10-13/h2,4-5,8H,3,6-7,10H2,1H3. The van der Waals surface area contributed by atoms with E-state index in [0.29, 0.717) is 6.61 Å². The van der Waals surface area contributed by atoms with Crippen LogP contribution in [0.3, 0.4) is 0 Å². The molecule has 1 saturated heterocycles. The van der Waals surface area contributed by atoms with Crippen molar-refractivity contribution in [1.82, 2.24) is 0 Å². The van der Waals surface area contributed by atoms with Crippen molar-refractivity contribution >= 4 is 0 Å². The second kappa shape index (κ2) is 4.04. The molecule has 1 fully saturated rings. The fourth-order valence-electron chi connectivity index (χ4n) is 2.12. The van der Waals surface area contributed by atoms with E-state index >= 15 is 0 Å². The van der Waals surface area contributed by atoms with E-state index in [1.54, 1.807) is 0 Å². The van der Waals surface area contributed by atoms with Crippen LogP contribution in [0.2, 0.25) is 0 Å². The Bertz CT molecular complexity index is 386. The third-order valence-electron chi connectivity index (χ3n) is 3.03. The molecule has 1 aromatic carbocycles. The maximum Gasteiger partial charge on any atom is 0.106 e. The number of benzene rings is 1. The lowest BCUT2D eigenvalue weighted by molar-refractivity contribution is 0.0563. The molecule has 0 spiro atoms. The van der Waals surface area contributed by atoms with Crippen LogP contribution in [0.1, 0.15) is 24.0 Å². The molecule has 0 N–H and O–H groups in total. The van der Waals surface area contributed by atoms with Crippen molar-refractivity contribution in [3.8, 4) is 6.07 Å². The van der Waals surface area contributed by atoms with E-state index < -0.39 is 5.41 Å². The van der Waals surface area contributed by atoms with Gasteiger partial charge in [0.1, 0.15) is 5.41 Å². The molecule has 0 saturated carbocycles. The molecule has 0 radical (unpaired) electrons. The minimum absolute atomic E-state index is 0.412. The van der Waals surface area contributed by atoms with E-state index in [1.165, 1.54) is 5.56 Å².